The van der Waals surface area contributed by atoms with Gasteiger partial charge in [0.05, 0.1) is 40.3 Å². The van der Waals surface area contributed by atoms with Crippen molar-refractivity contribution in [2.24, 2.45) is 0 Å². The van der Waals surface area contributed by atoms with Gasteiger partial charge in [-0.3, -0.25) is 9.59 Å². The van der Waals surface area contributed by atoms with E-state index in [1.165, 1.54) is 89.9 Å². The van der Waals surface area contributed by atoms with Crippen molar-refractivity contribution in [2.45, 2.75) is 174 Å². The lowest BCUT2D eigenvalue weighted by Crippen LogP contribution is -2.55. The summed E-state index contributed by atoms with van der Waals surface area (Å²) in [6.07, 6.45) is 24.3. The highest BCUT2D eigenvalue weighted by molar-refractivity contribution is 5.70. The summed E-state index contributed by atoms with van der Waals surface area (Å²) in [6, 6.07) is -0.716. The maximum atomic E-state index is 12.6. The number of esters is 2. The summed E-state index contributed by atoms with van der Waals surface area (Å²) in [6.45, 7) is 4.60. The molecular formula is C36H69NO7. The summed E-state index contributed by atoms with van der Waals surface area (Å²) in [5.41, 5.74) is 0. The fourth-order valence-corrected chi connectivity index (χ4v) is 5.36. The van der Waals surface area contributed by atoms with Crippen LogP contribution in [0.5, 0.6) is 0 Å². The van der Waals surface area contributed by atoms with E-state index in [2.05, 4.69) is 13.8 Å². The second-order valence-electron chi connectivity index (χ2n) is 13.5. The predicted octanol–water partition coefficient (Wildman–Crippen LogP) is 7.29. The van der Waals surface area contributed by atoms with E-state index in [-0.39, 0.29) is 42.7 Å². The number of nitrogens with zero attached hydrogens (tertiary/aromatic N) is 1. The Hall–Kier alpha value is -1.67. The molecule has 8 heteroatoms. The van der Waals surface area contributed by atoms with E-state index < -0.39 is 18.1 Å². The fraction of sp³-hybridized carbons (Fsp3) is 0.917. The van der Waals surface area contributed by atoms with E-state index in [4.69, 9.17) is 14.2 Å². The number of aliphatic carboxylic acids is 1. The highest BCUT2D eigenvalue weighted by Crippen LogP contribution is 2.14. The zero-order valence-corrected chi connectivity index (χ0v) is 29.3. The van der Waals surface area contributed by atoms with Crippen molar-refractivity contribution >= 4 is 17.9 Å². The summed E-state index contributed by atoms with van der Waals surface area (Å²) in [5.74, 6) is -1.74. The Morgan fingerprint density at radius 3 is 1.41 bits per heavy atom. The number of hydrogen-bond acceptors (Lipinski definition) is 7. The standard InChI is InChI=1S/C36H69NO7/c1-6-8-10-12-14-15-16-17-18-19-20-21-23-25-27-35(39)44-32(30-42-29-28-33(36(40)41)37(3,4)5)31-43-34(38)26-24-22-13-11-9-7-2/h32-33H,6-31H2,1-5H3. The van der Waals surface area contributed by atoms with E-state index in [1.54, 1.807) is 21.1 Å². The molecule has 0 N–H and O–H groups in total. The Kier molecular flexibility index (Phi) is 27.7. The molecule has 0 fully saturated rings. The first-order valence-corrected chi connectivity index (χ1v) is 18.1. The molecule has 260 valence electrons. The fourth-order valence-electron chi connectivity index (χ4n) is 5.36. The molecule has 0 saturated heterocycles. The quantitative estimate of drug-likeness (QED) is 0.0438. The molecule has 8 nitrogen and oxygen atoms in total. The number of unbranched alkanes of at least 4 members (excludes halogenated alkanes) is 18. The molecule has 0 spiro atoms. The molecule has 0 radical (unpaired) electrons. The van der Waals surface area contributed by atoms with Gasteiger partial charge in [0.15, 0.2) is 6.10 Å². The van der Waals surface area contributed by atoms with Gasteiger partial charge in [-0.15, -0.1) is 0 Å². The highest BCUT2D eigenvalue weighted by Gasteiger charge is 2.25. The maximum Gasteiger partial charge on any atom is 0.306 e. The van der Waals surface area contributed by atoms with E-state index >= 15 is 0 Å². The Labute approximate surface area is 270 Å². The van der Waals surface area contributed by atoms with Crippen LogP contribution in [0.15, 0.2) is 0 Å². The predicted molar refractivity (Wildman–Crippen MR) is 176 cm³/mol. The molecule has 0 aliphatic carbocycles. The van der Waals surface area contributed by atoms with E-state index in [9.17, 15) is 19.5 Å². The average molecular weight is 628 g/mol. The molecule has 0 rings (SSSR count). The van der Waals surface area contributed by atoms with Crippen LogP contribution in [0.2, 0.25) is 0 Å². The zero-order valence-electron chi connectivity index (χ0n) is 29.3. The van der Waals surface area contributed by atoms with Gasteiger partial charge in [0.25, 0.3) is 0 Å². The molecule has 0 aromatic rings. The largest absolute Gasteiger partial charge is 0.544 e. The van der Waals surface area contributed by atoms with Crippen LogP contribution in [0.25, 0.3) is 0 Å². The SMILES string of the molecule is CCCCCCCCCCCCCCCCC(=O)OC(COCCC(C(=O)[O-])[N+](C)(C)C)COC(=O)CCCCCCCC. The molecule has 2 atom stereocenters. The maximum absolute atomic E-state index is 12.6. The van der Waals surface area contributed by atoms with Crippen LogP contribution in [0.3, 0.4) is 0 Å². The number of rotatable bonds is 32. The summed E-state index contributed by atoms with van der Waals surface area (Å²) in [7, 11) is 5.39. The zero-order chi connectivity index (χ0) is 32.9. The smallest absolute Gasteiger partial charge is 0.306 e. The Balaban J connectivity index is 4.35. The third kappa shape index (κ3) is 26.7. The number of quaternary nitrogens is 1. The van der Waals surface area contributed by atoms with Crippen molar-refractivity contribution < 1.29 is 38.2 Å². The molecule has 44 heavy (non-hydrogen) atoms. The van der Waals surface area contributed by atoms with Gasteiger partial charge in [0.1, 0.15) is 12.6 Å². The molecule has 0 bridgehead atoms. The normalized spacial score (nSPS) is 13.0. The molecular weight excluding hydrogens is 558 g/mol. The van der Waals surface area contributed by atoms with Crippen molar-refractivity contribution in [3.63, 3.8) is 0 Å². The van der Waals surface area contributed by atoms with Crippen molar-refractivity contribution in [1.29, 1.82) is 0 Å². The minimum atomic E-state index is -1.12. The van der Waals surface area contributed by atoms with Crippen LogP contribution in [-0.2, 0) is 28.6 Å². The van der Waals surface area contributed by atoms with Gasteiger partial charge in [-0.05, 0) is 12.8 Å². The van der Waals surface area contributed by atoms with Gasteiger partial charge in [0.2, 0.25) is 0 Å². The minimum absolute atomic E-state index is 0.0473. The van der Waals surface area contributed by atoms with Gasteiger partial charge in [-0.1, -0.05) is 129 Å². The van der Waals surface area contributed by atoms with E-state index in [0.29, 0.717) is 12.8 Å². The molecule has 0 saturated carbocycles. The Bertz CT molecular complexity index is 707. The third-order valence-electron chi connectivity index (χ3n) is 8.24. The number of carbonyl (C=O) groups is 3. The molecule has 0 aromatic heterocycles. The number of hydrogen-bond donors (Lipinski definition) is 0. The van der Waals surface area contributed by atoms with Crippen molar-refractivity contribution in [2.75, 3.05) is 41.0 Å². The average Bonchev–Trinajstić information content (AvgIpc) is 2.96. The number of carboxylic acid groups (broad SMARTS) is 1. The number of likely N-dealkylation sites (N-methyl/N-ethyl adjacent to an activating group) is 1. The lowest BCUT2D eigenvalue weighted by molar-refractivity contribution is -0.889. The molecule has 0 heterocycles. The van der Waals surface area contributed by atoms with Crippen LogP contribution in [-0.4, -0.2) is 75.5 Å². The number of ether oxygens (including phenoxy) is 3. The summed E-state index contributed by atoms with van der Waals surface area (Å²) in [4.78, 5) is 36.4. The van der Waals surface area contributed by atoms with Crippen molar-refractivity contribution in [3.8, 4) is 0 Å². The lowest BCUT2D eigenvalue weighted by Gasteiger charge is -2.34. The summed E-state index contributed by atoms with van der Waals surface area (Å²) >= 11 is 0. The third-order valence-corrected chi connectivity index (χ3v) is 8.24. The van der Waals surface area contributed by atoms with Crippen LogP contribution in [0.1, 0.15) is 162 Å². The summed E-state index contributed by atoms with van der Waals surface area (Å²) < 4.78 is 17.0. The number of carboxylic acids is 1. The lowest BCUT2D eigenvalue weighted by atomic mass is 10.0. The first-order chi connectivity index (χ1) is 21.1. The number of carbonyl (C=O) groups excluding carboxylic acids is 3. The van der Waals surface area contributed by atoms with E-state index in [0.717, 1.165) is 38.5 Å². The molecule has 2 unspecified atom stereocenters. The van der Waals surface area contributed by atoms with Gasteiger partial charge in [0, 0.05) is 19.3 Å². The second-order valence-corrected chi connectivity index (χ2v) is 13.5. The van der Waals surface area contributed by atoms with Gasteiger partial charge in [-0.25, -0.2) is 0 Å². The first-order valence-electron chi connectivity index (χ1n) is 18.1. The molecule has 0 aromatic carbocycles. The monoisotopic (exact) mass is 628 g/mol. The van der Waals surface area contributed by atoms with E-state index in [1.807, 2.05) is 0 Å². The molecule has 0 amide bonds. The van der Waals surface area contributed by atoms with Gasteiger partial charge >= 0.3 is 11.9 Å². The van der Waals surface area contributed by atoms with Gasteiger partial charge in [-0.2, -0.15) is 0 Å². The van der Waals surface area contributed by atoms with Crippen molar-refractivity contribution in [1.82, 2.24) is 0 Å². The molecule has 0 aliphatic heterocycles. The second kappa shape index (κ2) is 28.8. The Morgan fingerprint density at radius 1 is 0.591 bits per heavy atom. The van der Waals surface area contributed by atoms with Crippen molar-refractivity contribution in [3.05, 3.63) is 0 Å². The molecule has 0 aliphatic rings. The highest BCUT2D eigenvalue weighted by atomic mass is 16.6. The van der Waals surface area contributed by atoms with Crippen LogP contribution < -0.4 is 5.11 Å². The van der Waals surface area contributed by atoms with Gasteiger partial charge < -0.3 is 28.6 Å². The minimum Gasteiger partial charge on any atom is -0.544 e. The van der Waals surface area contributed by atoms with Crippen LogP contribution in [0, 0.1) is 0 Å². The Morgan fingerprint density at radius 2 is 1.00 bits per heavy atom. The topological polar surface area (TPSA) is 102 Å². The first kappa shape index (κ1) is 42.3. The van der Waals surface area contributed by atoms with Crippen LogP contribution >= 0.6 is 0 Å². The van der Waals surface area contributed by atoms with Crippen LogP contribution in [0.4, 0.5) is 0 Å². The summed E-state index contributed by atoms with van der Waals surface area (Å²) in [5, 5.41) is 11.5.